The lowest BCUT2D eigenvalue weighted by atomic mass is 10.2. The van der Waals surface area contributed by atoms with Crippen LogP contribution in [0.2, 0.25) is 0 Å². The second kappa shape index (κ2) is 5.82. The van der Waals surface area contributed by atoms with E-state index in [1.54, 1.807) is 12.4 Å². The van der Waals surface area contributed by atoms with Gasteiger partial charge < -0.3 is 10.7 Å². The number of aromatic nitrogens is 2. The molecule has 1 heterocycles. The van der Waals surface area contributed by atoms with Crippen LogP contribution in [0.15, 0.2) is 29.4 Å². The van der Waals surface area contributed by atoms with E-state index in [-0.39, 0.29) is 10.6 Å². The van der Waals surface area contributed by atoms with Crippen LogP contribution in [0.25, 0.3) is 0 Å². The average Bonchev–Trinajstić information content (AvgIpc) is 2.94. The Hall–Kier alpha value is -1.93. The van der Waals surface area contributed by atoms with E-state index in [9.17, 15) is 12.8 Å². The van der Waals surface area contributed by atoms with Gasteiger partial charge in [0, 0.05) is 12.4 Å². The number of aryl methyl sites for hydroxylation is 1. The lowest BCUT2D eigenvalue weighted by Crippen LogP contribution is -2.29. The number of nitrogens with two attached hydrogens (primary N) is 1. The Morgan fingerprint density at radius 1 is 1.48 bits per heavy atom. The Kier molecular flexibility index (Phi) is 4.29. The summed E-state index contributed by atoms with van der Waals surface area (Å²) >= 11 is 0. The Bertz CT molecular complexity index is 729. The number of halogens is 1. The molecule has 1 atom stereocenters. The third-order valence-corrected chi connectivity index (χ3v) is 4.75. The van der Waals surface area contributed by atoms with Crippen LogP contribution in [0.4, 0.5) is 10.1 Å². The van der Waals surface area contributed by atoms with Crippen LogP contribution in [0.1, 0.15) is 30.8 Å². The number of sulfonamides is 1. The Morgan fingerprint density at radius 3 is 2.76 bits per heavy atom. The number of rotatable bonds is 5. The number of H-pyrrole nitrogens is 1. The van der Waals surface area contributed by atoms with Crippen molar-refractivity contribution in [3.8, 4) is 0 Å². The number of anilines is 1. The maximum atomic E-state index is 13.3. The first-order valence-corrected chi connectivity index (χ1v) is 7.90. The summed E-state index contributed by atoms with van der Waals surface area (Å²) in [6.45, 7) is 3.35. The molecule has 6 nitrogen and oxygen atoms in total. The van der Waals surface area contributed by atoms with Crippen molar-refractivity contribution in [3.05, 3.63) is 41.7 Å². The highest BCUT2D eigenvalue weighted by Gasteiger charge is 2.24. The zero-order chi connectivity index (χ0) is 15.6. The molecule has 4 N–H and O–H groups in total. The van der Waals surface area contributed by atoms with Crippen molar-refractivity contribution in [2.75, 3.05) is 5.73 Å². The second-order valence-corrected chi connectivity index (χ2v) is 6.38. The molecule has 0 aliphatic carbocycles. The van der Waals surface area contributed by atoms with E-state index in [0.29, 0.717) is 17.8 Å². The summed E-state index contributed by atoms with van der Waals surface area (Å²) in [6, 6.07) is 1.75. The fourth-order valence-electron chi connectivity index (χ4n) is 2.01. The number of nitrogens with zero attached hydrogens (tertiary/aromatic N) is 1. The highest BCUT2D eigenvalue weighted by molar-refractivity contribution is 7.89. The zero-order valence-corrected chi connectivity index (χ0v) is 12.5. The van der Waals surface area contributed by atoms with Gasteiger partial charge in [-0.25, -0.2) is 22.5 Å². The van der Waals surface area contributed by atoms with Crippen LogP contribution >= 0.6 is 0 Å². The fourth-order valence-corrected chi connectivity index (χ4v) is 3.55. The van der Waals surface area contributed by atoms with Gasteiger partial charge in [0.05, 0.1) is 16.6 Å². The predicted octanol–water partition coefficient (Wildman–Crippen LogP) is 1.87. The molecule has 8 heteroatoms. The van der Waals surface area contributed by atoms with Gasteiger partial charge in [-0.1, -0.05) is 6.92 Å². The summed E-state index contributed by atoms with van der Waals surface area (Å²) in [5, 5.41) is 0. The molecule has 0 saturated carbocycles. The van der Waals surface area contributed by atoms with Crippen LogP contribution in [-0.2, 0) is 10.0 Å². The van der Waals surface area contributed by atoms with Crippen molar-refractivity contribution in [3.63, 3.8) is 0 Å². The summed E-state index contributed by atoms with van der Waals surface area (Å²) in [6.07, 6.45) is 3.68. The molecule has 0 aliphatic heterocycles. The monoisotopic (exact) mass is 312 g/mol. The van der Waals surface area contributed by atoms with Gasteiger partial charge in [-0.15, -0.1) is 0 Å². The van der Waals surface area contributed by atoms with Gasteiger partial charge in [0.25, 0.3) is 0 Å². The van der Waals surface area contributed by atoms with Crippen molar-refractivity contribution in [1.82, 2.24) is 14.7 Å². The van der Waals surface area contributed by atoms with Gasteiger partial charge in [-0.05, 0) is 31.0 Å². The van der Waals surface area contributed by atoms with Crippen molar-refractivity contribution in [2.24, 2.45) is 0 Å². The first-order chi connectivity index (χ1) is 9.85. The Balaban J connectivity index is 2.36. The minimum atomic E-state index is -3.82. The van der Waals surface area contributed by atoms with E-state index < -0.39 is 21.9 Å². The number of nitrogens with one attached hydrogen (secondary N) is 2. The molecular weight excluding hydrogens is 295 g/mol. The van der Waals surface area contributed by atoms with E-state index in [1.165, 1.54) is 6.92 Å². The minimum absolute atomic E-state index is 0.0357. The molecule has 0 saturated heterocycles. The SMILES string of the molecule is CCC(NS(=O)(=O)c1cc(N)c(F)cc1C)c1ncc[nH]1. The molecule has 1 aromatic heterocycles. The van der Waals surface area contributed by atoms with E-state index in [1.807, 2.05) is 6.92 Å². The van der Waals surface area contributed by atoms with Crippen LogP contribution in [0.3, 0.4) is 0 Å². The van der Waals surface area contributed by atoms with Gasteiger partial charge in [0.2, 0.25) is 10.0 Å². The molecule has 114 valence electrons. The Labute approximate surface area is 122 Å². The summed E-state index contributed by atoms with van der Waals surface area (Å²) in [4.78, 5) is 6.89. The molecule has 0 aliphatic rings. The normalized spacial score (nSPS) is 13.3. The smallest absolute Gasteiger partial charge is 0.241 e. The highest BCUT2D eigenvalue weighted by atomic mass is 32.2. The summed E-state index contributed by atoms with van der Waals surface area (Å²) in [7, 11) is -3.82. The largest absolute Gasteiger partial charge is 0.396 e. The molecule has 21 heavy (non-hydrogen) atoms. The van der Waals surface area contributed by atoms with Gasteiger partial charge in [-0.3, -0.25) is 0 Å². The number of hydrogen-bond donors (Lipinski definition) is 3. The van der Waals surface area contributed by atoms with Gasteiger partial charge >= 0.3 is 0 Å². The van der Waals surface area contributed by atoms with Gasteiger partial charge in [-0.2, -0.15) is 0 Å². The maximum absolute atomic E-state index is 13.3. The molecule has 0 amide bonds. The fraction of sp³-hybridized carbons (Fsp3) is 0.308. The number of imidazole rings is 1. The molecule has 2 rings (SSSR count). The topological polar surface area (TPSA) is 101 Å². The van der Waals surface area contributed by atoms with Gasteiger partial charge in [0.1, 0.15) is 11.6 Å². The second-order valence-electron chi connectivity index (χ2n) is 4.70. The van der Waals surface area contributed by atoms with Crippen LogP contribution in [0, 0.1) is 12.7 Å². The molecule has 0 spiro atoms. The van der Waals surface area contributed by atoms with Gasteiger partial charge in [0.15, 0.2) is 0 Å². The summed E-state index contributed by atoms with van der Waals surface area (Å²) in [5.74, 6) is -0.113. The third kappa shape index (κ3) is 3.22. The average molecular weight is 312 g/mol. The molecule has 1 aromatic carbocycles. The Morgan fingerprint density at radius 2 is 2.19 bits per heavy atom. The first-order valence-electron chi connectivity index (χ1n) is 6.42. The van der Waals surface area contributed by atoms with Crippen LogP contribution < -0.4 is 10.5 Å². The van der Waals surface area contributed by atoms with Crippen molar-refractivity contribution >= 4 is 15.7 Å². The number of aromatic amines is 1. The summed E-state index contributed by atoms with van der Waals surface area (Å²) < 4.78 is 40.8. The highest BCUT2D eigenvalue weighted by Crippen LogP contribution is 2.23. The molecular formula is C13H17FN4O2S. The molecule has 1 unspecified atom stereocenters. The zero-order valence-electron chi connectivity index (χ0n) is 11.7. The minimum Gasteiger partial charge on any atom is -0.396 e. The van der Waals surface area contributed by atoms with Crippen LogP contribution in [-0.4, -0.2) is 18.4 Å². The van der Waals surface area contributed by atoms with E-state index in [2.05, 4.69) is 14.7 Å². The number of nitrogen functional groups attached to an aromatic ring is 1. The van der Waals surface area contributed by atoms with E-state index in [4.69, 9.17) is 5.73 Å². The first kappa shape index (κ1) is 15.5. The number of benzene rings is 1. The molecule has 2 aromatic rings. The summed E-state index contributed by atoms with van der Waals surface area (Å²) in [5.41, 5.74) is 5.55. The third-order valence-electron chi connectivity index (χ3n) is 3.14. The van der Waals surface area contributed by atoms with Crippen molar-refractivity contribution < 1.29 is 12.8 Å². The quantitative estimate of drug-likeness (QED) is 0.734. The molecule has 0 radical (unpaired) electrons. The molecule has 0 fully saturated rings. The maximum Gasteiger partial charge on any atom is 0.241 e. The number of hydrogen-bond acceptors (Lipinski definition) is 4. The predicted molar refractivity (Wildman–Crippen MR) is 77.5 cm³/mol. The van der Waals surface area contributed by atoms with Crippen LogP contribution in [0.5, 0.6) is 0 Å². The van der Waals surface area contributed by atoms with E-state index >= 15 is 0 Å². The lowest BCUT2D eigenvalue weighted by molar-refractivity contribution is 0.538. The standard InChI is InChI=1S/C13H17FN4O2S/c1-3-11(13-16-4-5-17-13)18-21(19,20)12-7-10(15)9(14)6-8(12)2/h4-7,11,18H,3,15H2,1-2H3,(H,16,17). The van der Waals surface area contributed by atoms with Crippen molar-refractivity contribution in [1.29, 1.82) is 0 Å². The lowest BCUT2D eigenvalue weighted by Gasteiger charge is -2.16. The van der Waals surface area contributed by atoms with E-state index in [0.717, 1.165) is 12.1 Å². The van der Waals surface area contributed by atoms with Crippen molar-refractivity contribution in [2.45, 2.75) is 31.2 Å². The molecule has 0 bridgehead atoms.